The smallest absolute Gasteiger partial charge is 0.282 e. The highest BCUT2D eigenvalue weighted by Crippen LogP contribution is 2.24. The molecule has 3 aromatic rings. The number of para-hydroxylation sites is 2. The molecule has 0 saturated carbocycles. The van der Waals surface area contributed by atoms with Crippen LogP contribution in [0.5, 0.6) is 5.75 Å². The van der Waals surface area contributed by atoms with Crippen molar-refractivity contribution in [3.63, 3.8) is 0 Å². The van der Waals surface area contributed by atoms with Crippen molar-refractivity contribution in [3.05, 3.63) is 86.8 Å². The van der Waals surface area contributed by atoms with Crippen molar-refractivity contribution >= 4 is 5.78 Å². The summed E-state index contributed by atoms with van der Waals surface area (Å²) in [5.41, 5.74) is -0.456. The van der Waals surface area contributed by atoms with E-state index in [9.17, 15) is 28.7 Å². The molecule has 9 heteroatoms. The van der Waals surface area contributed by atoms with E-state index in [0.717, 1.165) is 4.68 Å². The highest BCUT2D eigenvalue weighted by molar-refractivity contribution is 5.97. The van der Waals surface area contributed by atoms with Crippen molar-refractivity contribution in [2.75, 3.05) is 6.61 Å². The Balaban J connectivity index is 2.00. The monoisotopic (exact) mass is 467 g/mol. The van der Waals surface area contributed by atoms with Crippen LogP contribution in [0, 0.1) is 18.3 Å². The molecule has 1 heterocycles. The second-order valence-electron chi connectivity index (χ2n) is 8.23. The van der Waals surface area contributed by atoms with Crippen LogP contribution in [-0.2, 0) is 12.0 Å². The Morgan fingerprint density at radius 1 is 1.24 bits per heavy atom. The Labute approximate surface area is 194 Å². The van der Waals surface area contributed by atoms with Crippen LogP contribution < -0.4 is 10.3 Å². The molecule has 0 spiro atoms. The van der Waals surface area contributed by atoms with Gasteiger partial charge in [0, 0.05) is 6.42 Å². The third kappa shape index (κ3) is 5.53. The molecule has 0 aliphatic heterocycles. The fraction of sp³-hybridized carbons (Fsp3) is 0.280. The number of halogens is 2. The molecule has 0 radical (unpaired) electrons. The molecule has 3 rings (SSSR count). The number of rotatable bonds is 8. The van der Waals surface area contributed by atoms with Gasteiger partial charge in [0.05, 0.1) is 28.5 Å². The van der Waals surface area contributed by atoms with Crippen LogP contribution >= 0.6 is 0 Å². The average Bonchev–Trinajstić information content (AvgIpc) is 2.78. The van der Waals surface area contributed by atoms with Gasteiger partial charge in [-0.15, -0.1) is 0 Å². The summed E-state index contributed by atoms with van der Waals surface area (Å²) in [4.78, 5) is 26.3. The lowest BCUT2D eigenvalue weighted by Gasteiger charge is -2.18. The van der Waals surface area contributed by atoms with Crippen LogP contribution in [0.1, 0.15) is 46.6 Å². The lowest BCUT2D eigenvalue weighted by molar-refractivity contribution is 0.0785. The minimum atomic E-state index is -2.70. The van der Waals surface area contributed by atoms with E-state index < -0.39 is 30.0 Å². The van der Waals surface area contributed by atoms with Crippen molar-refractivity contribution in [2.45, 2.75) is 39.2 Å². The number of aryl methyl sites for hydroxylation is 1. The van der Waals surface area contributed by atoms with Gasteiger partial charge < -0.3 is 9.84 Å². The van der Waals surface area contributed by atoms with Gasteiger partial charge in [-0.2, -0.15) is 15.0 Å². The van der Waals surface area contributed by atoms with Crippen molar-refractivity contribution in [2.24, 2.45) is 0 Å². The number of hydrogen-bond donors (Lipinski definition) is 1. The molecule has 0 saturated heterocycles. The number of Topliss-reactive ketones (excluding diaryl/α,β-unsaturated/α-hetero) is 1. The number of hydrogen-bond acceptors (Lipinski definition) is 6. The Hall–Kier alpha value is -3.90. The van der Waals surface area contributed by atoms with Gasteiger partial charge in [-0.1, -0.05) is 24.3 Å². The second-order valence-corrected chi connectivity index (χ2v) is 8.23. The van der Waals surface area contributed by atoms with Gasteiger partial charge in [-0.25, -0.2) is 8.78 Å². The highest BCUT2D eigenvalue weighted by Gasteiger charge is 2.21. The first-order valence-electron chi connectivity index (χ1n) is 10.4. The van der Waals surface area contributed by atoms with E-state index in [2.05, 4.69) is 5.10 Å². The number of carbonyl (C=O) groups excluding carboxylic acids is 1. The van der Waals surface area contributed by atoms with Gasteiger partial charge in [0.25, 0.3) is 12.0 Å². The highest BCUT2D eigenvalue weighted by atomic mass is 19.3. The SMILES string of the molecule is Cc1cc(C(=O)Cc2ccc(C(C)(C)O)cc2C#N)c(=O)n(-c2ccccc2OCC(F)F)n1. The zero-order chi connectivity index (χ0) is 25.0. The summed E-state index contributed by atoms with van der Waals surface area (Å²) in [5, 5.41) is 23.9. The Kier molecular flexibility index (Phi) is 7.23. The lowest BCUT2D eigenvalue weighted by atomic mass is 9.92. The summed E-state index contributed by atoms with van der Waals surface area (Å²) in [6, 6.07) is 14.1. The number of carbonyl (C=O) groups is 1. The number of ketones is 1. The third-order valence-electron chi connectivity index (χ3n) is 5.08. The minimum absolute atomic E-state index is 0.0235. The summed E-state index contributed by atoms with van der Waals surface area (Å²) < 4.78 is 31.3. The molecule has 0 aliphatic rings. The first kappa shape index (κ1) is 24.7. The number of benzene rings is 2. The summed E-state index contributed by atoms with van der Waals surface area (Å²) in [6.45, 7) is 3.90. The van der Waals surface area contributed by atoms with Crippen LogP contribution in [0.15, 0.2) is 53.3 Å². The standard InChI is InChI=1S/C25H23F2N3O4/c1-15-10-19(21(31)12-16-8-9-18(25(2,3)33)11-17(16)13-28)24(32)30(29-15)20-6-4-5-7-22(20)34-14-23(26)27/h4-11,23,33H,12,14H2,1-3H3. The molecule has 0 bridgehead atoms. The fourth-order valence-corrected chi connectivity index (χ4v) is 3.37. The predicted molar refractivity (Wildman–Crippen MR) is 121 cm³/mol. The van der Waals surface area contributed by atoms with Crippen LogP contribution in [0.2, 0.25) is 0 Å². The van der Waals surface area contributed by atoms with Crippen molar-refractivity contribution in [3.8, 4) is 17.5 Å². The topological polar surface area (TPSA) is 105 Å². The minimum Gasteiger partial charge on any atom is -0.485 e. The number of aromatic nitrogens is 2. The first-order valence-corrected chi connectivity index (χ1v) is 10.4. The number of nitriles is 1. The van der Waals surface area contributed by atoms with Gasteiger partial charge in [0.2, 0.25) is 0 Å². The van der Waals surface area contributed by atoms with Crippen molar-refractivity contribution in [1.82, 2.24) is 9.78 Å². The number of alkyl halides is 2. The van der Waals surface area contributed by atoms with Crippen LogP contribution in [0.4, 0.5) is 8.78 Å². The van der Waals surface area contributed by atoms with Crippen molar-refractivity contribution in [1.29, 1.82) is 5.26 Å². The zero-order valence-corrected chi connectivity index (χ0v) is 18.9. The summed E-state index contributed by atoms with van der Waals surface area (Å²) in [7, 11) is 0. The zero-order valence-electron chi connectivity index (χ0n) is 18.9. The molecule has 7 nitrogen and oxygen atoms in total. The number of nitrogens with zero attached hydrogens (tertiary/aromatic N) is 3. The van der Waals surface area contributed by atoms with Crippen LogP contribution in [0.3, 0.4) is 0 Å². The molecule has 1 aromatic heterocycles. The normalized spacial score (nSPS) is 11.4. The van der Waals surface area contributed by atoms with Gasteiger partial charge in [-0.05, 0) is 56.2 Å². The van der Waals surface area contributed by atoms with Crippen LogP contribution in [0.25, 0.3) is 5.69 Å². The quantitative estimate of drug-likeness (QED) is 0.507. The van der Waals surface area contributed by atoms with Gasteiger partial charge in [0.1, 0.15) is 18.0 Å². The fourth-order valence-electron chi connectivity index (χ4n) is 3.37. The molecule has 0 fully saturated rings. The molecule has 0 atom stereocenters. The van der Waals surface area contributed by atoms with E-state index >= 15 is 0 Å². The largest absolute Gasteiger partial charge is 0.485 e. The molecule has 0 aliphatic carbocycles. The van der Waals surface area contributed by atoms with E-state index in [1.165, 1.54) is 24.3 Å². The molecular weight excluding hydrogens is 444 g/mol. The second kappa shape index (κ2) is 9.93. The Bertz CT molecular complexity index is 1320. The van der Waals surface area contributed by atoms with E-state index in [1.807, 2.05) is 6.07 Å². The first-order chi connectivity index (χ1) is 16.0. The molecule has 0 amide bonds. The van der Waals surface area contributed by atoms with Gasteiger partial charge in [0.15, 0.2) is 5.78 Å². The number of ether oxygens (including phenoxy) is 1. The molecule has 176 valence electrons. The Morgan fingerprint density at radius 3 is 2.59 bits per heavy atom. The molecule has 1 N–H and O–H groups in total. The van der Waals surface area contributed by atoms with Crippen LogP contribution in [-0.4, -0.2) is 33.7 Å². The number of aliphatic hydroxyl groups is 1. The summed E-state index contributed by atoms with van der Waals surface area (Å²) >= 11 is 0. The maximum Gasteiger partial charge on any atom is 0.282 e. The third-order valence-corrected chi connectivity index (χ3v) is 5.08. The molecule has 34 heavy (non-hydrogen) atoms. The average molecular weight is 467 g/mol. The summed E-state index contributed by atoms with van der Waals surface area (Å²) in [5.74, 6) is -0.516. The van der Waals surface area contributed by atoms with Crippen molar-refractivity contribution < 1.29 is 23.4 Å². The predicted octanol–water partition coefficient (Wildman–Crippen LogP) is 3.71. The van der Waals surface area contributed by atoms with Gasteiger partial charge >= 0.3 is 0 Å². The maximum atomic E-state index is 13.2. The summed E-state index contributed by atoms with van der Waals surface area (Å²) in [6.07, 6.45) is -2.93. The molecule has 2 aromatic carbocycles. The van der Waals surface area contributed by atoms with E-state index in [0.29, 0.717) is 16.8 Å². The van der Waals surface area contributed by atoms with E-state index in [-0.39, 0.29) is 29.0 Å². The Morgan fingerprint density at radius 2 is 1.94 bits per heavy atom. The van der Waals surface area contributed by atoms with E-state index in [1.54, 1.807) is 45.0 Å². The maximum absolute atomic E-state index is 13.2. The molecular formula is C25H23F2N3O4. The van der Waals surface area contributed by atoms with Gasteiger partial charge in [-0.3, -0.25) is 9.59 Å². The van der Waals surface area contributed by atoms with E-state index in [4.69, 9.17) is 4.74 Å². The molecule has 0 unspecified atom stereocenters. The lowest BCUT2D eigenvalue weighted by Crippen LogP contribution is -2.29.